The smallest absolute Gasteiger partial charge is 0.237 e. The predicted octanol–water partition coefficient (Wildman–Crippen LogP) is 2.63. The van der Waals surface area contributed by atoms with Crippen LogP contribution in [-0.4, -0.2) is 62.0 Å². The Morgan fingerprint density at radius 3 is 2.56 bits per heavy atom. The molecule has 32 heavy (non-hydrogen) atoms. The van der Waals surface area contributed by atoms with Crippen LogP contribution in [0.4, 0.5) is 11.6 Å². The van der Waals surface area contributed by atoms with Gasteiger partial charge in [0.25, 0.3) is 0 Å². The first-order valence-electron chi connectivity index (χ1n) is 10.7. The number of rotatable bonds is 7. The lowest BCUT2D eigenvalue weighted by molar-refractivity contribution is -0.115. The Morgan fingerprint density at radius 2 is 1.91 bits per heavy atom. The molecule has 0 unspecified atom stereocenters. The molecule has 170 valence electrons. The predicted molar refractivity (Wildman–Crippen MR) is 125 cm³/mol. The van der Waals surface area contributed by atoms with Crippen LogP contribution in [0.5, 0.6) is 0 Å². The maximum atomic E-state index is 13.0. The molecule has 0 bridgehead atoms. The topological polar surface area (TPSA) is 90.1 Å². The normalized spacial score (nSPS) is 15.1. The van der Waals surface area contributed by atoms with Crippen LogP contribution in [0.15, 0.2) is 35.5 Å². The summed E-state index contributed by atoms with van der Waals surface area (Å²) in [4.78, 5) is 15.1. The molecule has 3 aromatic rings. The van der Waals surface area contributed by atoms with Crippen LogP contribution in [0.25, 0.3) is 0 Å². The minimum Gasteiger partial charge on any atom is -0.378 e. The highest BCUT2D eigenvalue weighted by atomic mass is 32.2. The molecule has 1 N–H and O–H groups in total. The molecule has 9 nitrogen and oxygen atoms in total. The first kappa shape index (κ1) is 22.3. The summed E-state index contributed by atoms with van der Waals surface area (Å²) in [5.41, 5.74) is 3.65. The van der Waals surface area contributed by atoms with Gasteiger partial charge >= 0.3 is 0 Å². The number of carbonyl (C=O) groups excluding carboxylic acids is 1. The first-order chi connectivity index (χ1) is 15.4. The van der Waals surface area contributed by atoms with E-state index < -0.39 is 0 Å². The maximum Gasteiger partial charge on any atom is 0.237 e. The van der Waals surface area contributed by atoms with Gasteiger partial charge in [-0.25, -0.2) is 0 Å². The van der Waals surface area contributed by atoms with Crippen LogP contribution in [0.2, 0.25) is 0 Å². The number of hydrogen-bond donors (Lipinski definition) is 1. The van der Waals surface area contributed by atoms with Gasteiger partial charge in [-0.3, -0.25) is 14.0 Å². The van der Waals surface area contributed by atoms with Crippen LogP contribution in [0.3, 0.4) is 0 Å². The zero-order chi connectivity index (χ0) is 22.7. The number of nitrogens with zero attached hydrogens (tertiary/aromatic N) is 6. The number of ether oxygens (including phenoxy) is 1. The molecule has 0 spiro atoms. The summed E-state index contributed by atoms with van der Waals surface area (Å²) >= 11 is 1.41. The van der Waals surface area contributed by atoms with E-state index in [4.69, 9.17) is 4.74 Å². The second-order valence-electron chi connectivity index (χ2n) is 7.87. The number of carbonyl (C=O) groups is 1. The number of amides is 1. The van der Waals surface area contributed by atoms with E-state index in [1.165, 1.54) is 11.8 Å². The third kappa shape index (κ3) is 4.81. The number of hydrogen-bond acceptors (Lipinski definition) is 7. The molecule has 1 aliphatic rings. The number of thioether (sulfide) groups is 1. The van der Waals surface area contributed by atoms with Crippen LogP contribution < -0.4 is 10.2 Å². The quantitative estimate of drug-likeness (QED) is 0.548. The van der Waals surface area contributed by atoms with Gasteiger partial charge in [0.2, 0.25) is 11.9 Å². The van der Waals surface area contributed by atoms with E-state index >= 15 is 0 Å². The molecular formula is C22H29N7O2S. The summed E-state index contributed by atoms with van der Waals surface area (Å²) in [6, 6.07) is 10.2. The monoisotopic (exact) mass is 455 g/mol. The molecule has 10 heteroatoms. The molecule has 1 saturated heterocycles. The summed E-state index contributed by atoms with van der Waals surface area (Å²) in [6.07, 6.45) is 0. The summed E-state index contributed by atoms with van der Waals surface area (Å²) in [6.45, 7) is 9.24. The number of morpholine rings is 1. The van der Waals surface area contributed by atoms with E-state index in [2.05, 4.69) is 42.2 Å². The van der Waals surface area contributed by atoms with Crippen LogP contribution in [0, 0.1) is 13.8 Å². The highest BCUT2D eigenvalue weighted by Crippen LogP contribution is 2.28. The molecule has 1 aromatic carbocycles. The SMILES string of the molecule is Cc1nn(C)c(C)c1NC(=O)[C@@H](C)Sc1nnc(N2CCOCC2)n1Cc1ccccc1. The average molecular weight is 456 g/mol. The molecule has 2 aromatic heterocycles. The summed E-state index contributed by atoms with van der Waals surface area (Å²) in [5, 5.41) is 16.7. The number of aryl methyl sites for hydroxylation is 2. The second-order valence-corrected chi connectivity index (χ2v) is 9.18. The average Bonchev–Trinajstić information content (AvgIpc) is 3.30. The lowest BCUT2D eigenvalue weighted by Gasteiger charge is -2.28. The zero-order valence-electron chi connectivity index (χ0n) is 18.9. The molecule has 0 saturated carbocycles. The van der Waals surface area contributed by atoms with Crippen molar-refractivity contribution in [3.8, 4) is 0 Å². The van der Waals surface area contributed by atoms with E-state index in [1.54, 1.807) is 4.68 Å². The summed E-state index contributed by atoms with van der Waals surface area (Å²) in [5.74, 6) is 0.725. The number of benzene rings is 1. The van der Waals surface area contributed by atoms with Gasteiger partial charge in [-0.2, -0.15) is 5.10 Å². The molecular weight excluding hydrogens is 426 g/mol. The van der Waals surface area contributed by atoms with E-state index in [1.807, 2.05) is 46.0 Å². The highest BCUT2D eigenvalue weighted by molar-refractivity contribution is 8.00. The first-order valence-corrected chi connectivity index (χ1v) is 11.6. The Labute approximate surface area is 192 Å². The molecule has 1 atom stereocenters. The van der Waals surface area contributed by atoms with Crippen molar-refractivity contribution in [2.75, 3.05) is 36.5 Å². The van der Waals surface area contributed by atoms with Gasteiger partial charge in [0.1, 0.15) is 0 Å². The van der Waals surface area contributed by atoms with Crippen molar-refractivity contribution in [2.45, 2.75) is 37.7 Å². The van der Waals surface area contributed by atoms with Crippen molar-refractivity contribution in [2.24, 2.45) is 7.05 Å². The minimum absolute atomic E-state index is 0.0867. The van der Waals surface area contributed by atoms with Crippen molar-refractivity contribution >= 4 is 29.3 Å². The van der Waals surface area contributed by atoms with Gasteiger partial charge in [0, 0.05) is 20.1 Å². The number of anilines is 2. The van der Waals surface area contributed by atoms with Gasteiger partial charge in [0.15, 0.2) is 5.16 Å². The van der Waals surface area contributed by atoms with E-state index in [9.17, 15) is 4.79 Å². The Morgan fingerprint density at radius 1 is 1.19 bits per heavy atom. The zero-order valence-corrected chi connectivity index (χ0v) is 19.7. The van der Waals surface area contributed by atoms with Crippen molar-refractivity contribution < 1.29 is 9.53 Å². The summed E-state index contributed by atoms with van der Waals surface area (Å²) < 4.78 is 9.36. The van der Waals surface area contributed by atoms with E-state index in [0.29, 0.717) is 19.8 Å². The fourth-order valence-electron chi connectivity index (χ4n) is 3.66. The largest absolute Gasteiger partial charge is 0.378 e. The highest BCUT2D eigenvalue weighted by Gasteiger charge is 2.25. The fourth-order valence-corrected chi connectivity index (χ4v) is 4.50. The van der Waals surface area contributed by atoms with Gasteiger partial charge in [-0.05, 0) is 26.3 Å². The standard InChI is InChI=1S/C22H29N7O2S/c1-15-19(16(2)27(4)26-15)23-20(30)17(3)32-22-25-24-21(28-10-12-31-13-11-28)29(22)14-18-8-6-5-7-9-18/h5-9,17H,10-14H2,1-4H3,(H,23,30)/t17-/m1/s1. The Kier molecular flexibility index (Phi) is 6.80. The molecule has 1 fully saturated rings. The Hall–Kier alpha value is -2.85. The number of nitrogens with one attached hydrogen (secondary N) is 1. The second kappa shape index (κ2) is 9.74. The molecule has 0 radical (unpaired) electrons. The lowest BCUT2D eigenvalue weighted by atomic mass is 10.2. The van der Waals surface area contributed by atoms with Crippen molar-refractivity contribution in [1.82, 2.24) is 24.5 Å². The Balaban J connectivity index is 1.55. The van der Waals surface area contributed by atoms with Gasteiger partial charge in [-0.1, -0.05) is 42.1 Å². The molecule has 1 amide bonds. The number of aromatic nitrogens is 5. The lowest BCUT2D eigenvalue weighted by Crippen LogP contribution is -2.38. The van der Waals surface area contributed by atoms with Crippen LogP contribution >= 0.6 is 11.8 Å². The fraction of sp³-hybridized carbons (Fsp3) is 0.455. The van der Waals surface area contributed by atoms with Crippen LogP contribution in [-0.2, 0) is 23.1 Å². The maximum absolute atomic E-state index is 13.0. The molecule has 0 aliphatic carbocycles. The minimum atomic E-state index is -0.356. The van der Waals surface area contributed by atoms with Gasteiger partial charge in [0.05, 0.1) is 42.1 Å². The Bertz CT molecular complexity index is 1070. The summed E-state index contributed by atoms with van der Waals surface area (Å²) in [7, 11) is 1.87. The molecule has 1 aliphatic heterocycles. The molecule has 4 rings (SSSR count). The van der Waals surface area contributed by atoms with Crippen molar-refractivity contribution in [3.63, 3.8) is 0 Å². The van der Waals surface area contributed by atoms with Gasteiger partial charge < -0.3 is 15.0 Å². The third-order valence-electron chi connectivity index (χ3n) is 5.58. The van der Waals surface area contributed by atoms with E-state index in [-0.39, 0.29) is 11.2 Å². The van der Waals surface area contributed by atoms with Crippen molar-refractivity contribution in [3.05, 3.63) is 47.3 Å². The van der Waals surface area contributed by atoms with Gasteiger partial charge in [-0.15, -0.1) is 10.2 Å². The van der Waals surface area contributed by atoms with Crippen molar-refractivity contribution in [1.29, 1.82) is 0 Å². The third-order valence-corrected chi connectivity index (χ3v) is 6.66. The van der Waals surface area contributed by atoms with Crippen LogP contribution in [0.1, 0.15) is 23.9 Å². The molecule has 3 heterocycles. The van der Waals surface area contributed by atoms with E-state index in [0.717, 1.165) is 46.8 Å².